The highest BCUT2D eigenvalue weighted by molar-refractivity contribution is 5.84. The van der Waals surface area contributed by atoms with Crippen molar-refractivity contribution in [3.63, 3.8) is 0 Å². The monoisotopic (exact) mass is 318 g/mol. The Morgan fingerprint density at radius 3 is 2.50 bits per heavy atom. The van der Waals surface area contributed by atoms with Crippen LogP contribution in [-0.4, -0.2) is 36.2 Å². The summed E-state index contributed by atoms with van der Waals surface area (Å²) in [6.07, 6.45) is 3.38. The van der Waals surface area contributed by atoms with E-state index < -0.39 is 0 Å². The SMILES string of the molecule is c1ccc2c(c1)C(c1c[nH]c3ccccc13)CC2N1CCOCC1. The third-order valence-electron chi connectivity index (χ3n) is 5.67. The van der Waals surface area contributed by atoms with Crippen LogP contribution in [0.4, 0.5) is 0 Å². The predicted octanol–water partition coefficient (Wildman–Crippen LogP) is 4.08. The molecule has 2 unspecified atom stereocenters. The molecule has 0 radical (unpaired) electrons. The summed E-state index contributed by atoms with van der Waals surface area (Å²) < 4.78 is 5.56. The molecule has 0 spiro atoms. The van der Waals surface area contributed by atoms with Gasteiger partial charge in [-0.05, 0) is 29.2 Å². The van der Waals surface area contributed by atoms with E-state index in [0.29, 0.717) is 12.0 Å². The molecule has 2 aromatic carbocycles. The molecule has 1 fully saturated rings. The molecule has 1 saturated heterocycles. The first-order chi connectivity index (χ1) is 11.9. The lowest BCUT2D eigenvalue weighted by Gasteiger charge is -2.32. The van der Waals surface area contributed by atoms with Gasteiger partial charge in [0.25, 0.3) is 0 Å². The Labute approximate surface area is 142 Å². The maximum absolute atomic E-state index is 5.56. The lowest BCUT2D eigenvalue weighted by Crippen LogP contribution is -2.38. The van der Waals surface area contributed by atoms with Crippen LogP contribution < -0.4 is 0 Å². The van der Waals surface area contributed by atoms with E-state index in [-0.39, 0.29) is 0 Å². The van der Waals surface area contributed by atoms with Crippen molar-refractivity contribution in [3.8, 4) is 0 Å². The molecule has 0 saturated carbocycles. The summed E-state index contributed by atoms with van der Waals surface area (Å²) in [4.78, 5) is 6.06. The Kier molecular flexibility index (Phi) is 3.42. The summed E-state index contributed by atoms with van der Waals surface area (Å²) in [6, 6.07) is 18.2. The summed E-state index contributed by atoms with van der Waals surface area (Å²) >= 11 is 0. The number of benzene rings is 2. The van der Waals surface area contributed by atoms with Gasteiger partial charge in [-0.15, -0.1) is 0 Å². The first-order valence-corrected chi connectivity index (χ1v) is 8.88. The zero-order valence-corrected chi connectivity index (χ0v) is 13.7. The summed E-state index contributed by atoms with van der Waals surface area (Å²) in [5.41, 5.74) is 5.68. The van der Waals surface area contributed by atoms with Crippen LogP contribution in [-0.2, 0) is 4.74 Å². The highest BCUT2D eigenvalue weighted by atomic mass is 16.5. The molecular formula is C21H22N2O. The number of hydrogen-bond acceptors (Lipinski definition) is 2. The Bertz CT molecular complexity index is 863. The summed E-state index contributed by atoms with van der Waals surface area (Å²) in [5, 5.41) is 1.36. The van der Waals surface area contributed by atoms with Crippen LogP contribution in [0.1, 0.15) is 35.1 Å². The molecule has 0 bridgehead atoms. The third kappa shape index (κ3) is 2.20. The van der Waals surface area contributed by atoms with Gasteiger partial charge in [-0.3, -0.25) is 4.90 Å². The van der Waals surface area contributed by atoms with E-state index in [1.807, 2.05) is 0 Å². The Balaban J connectivity index is 1.58. The molecule has 3 nitrogen and oxygen atoms in total. The molecule has 122 valence electrons. The van der Waals surface area contributed by atoms with E-state index in [1.54, 1.807) is 0 Å². The lowest BCUT2D eigenvalue weighted by molar-refractivity contribution is 0.0159. The molecule has 24 heavy (non-hydrogen) atoms. The van der Waals surface area contributed by atoms with Gasteiger partial charge in [-0.1, -0.05) is 42.5 Å². The highest BCUT2D eigenvalue weighted by Crippen LogP contribution is 2.48. The smallest absolute Gasteiger partial charge is 0.0594 e. The molecule has 1 aliphatic heterocycles. The van der Waals surface area contributed by atoms with E-state index in [2.05, 4.69) is 64.6 Å². The normalized spacial score (nSPS) is 24.3. The molecule has 1 aliphatic carbocycles. The lowest BCUT2D eigenvalue weighted by atomic mass is 9.92. The molecule has 1 aromatic heterocycles. The second-order valence-electron chi connectivity index (χ2n) is 6.87. The van der Waals surface area contributed by atoms with Crippen LogP contribution in [0.3, 0.4) is 0 Å². The number of para-hydroxylation sites is 1. The topological polar surface area (TPSA) is 28.3 Å². The first-order valence-electron chi connectivity index (χ1n) is 8.88. The fourth-order valence-corrected chi connectivity index (χ4v) is 4.52. The van der Waals surface area contributed by atoms with Crippen molar-refractivity contribution in [2.75, 3.05) is 26.3 Å². The molecule has 2 aliphatic rings. The number of nitrogens with zero attached hydrogens (tertiary/aromatic N) is 1. The maximum Gasteiger partial charge on any atom is 0.0594 e. The minimum Gasteiger partial charge on any atom is -0.379 e. The summed E-state index contributed by atoms with van der Waals surface area (Å²) in [5.74, 6) is 0.477. The van der Waals surface area contributed by atoms with Crippen molar-refractivity contribution in [1.29, 1.82) is 0 Å². The number of ether oxygens (including phenoxy) is 1. The second-order valence-corrected chi connectivity index (χ2v) is 6.87. The molecule has 2 atom stereocenters. The van der Waals surface area contributed by atoms with E-state index in [4.69, 9.17) is 4.74 Å². The van der Waals surface area contributed by atoms with Crippen LogP contribution in [0.15, 0.2) is 54.7 Å². The number of aromatic amines is 1. The van der Waals surface area contributed by atoms with Crippen LogP contribution in [0.5, 0.6) is 0 Å². The highest BCUT2D eigenvalue weighted by Gasteiger charge is 2.36. The van der Waals surface area contributed by atoms with Gasteiger partial charge >= 0.3 is 0 Å². The van der Waals surface area contributed by atoms with Crippen molar-refractivity contribution in [3.05, 3.63) is 71.4 Å². The predicted molar refractivity (Wildman–Crippen MR) is 96.3 cm³/mol. The second kappa shape index (κ2) is 5.76. The van der Waals surface area contributed by atoms with Gasteiger partial charge in [0.2, 0.25) is 0 Å². The van der Waals surface area contributed by atoms with Crippen molar-refractivity contribution in [1.82, 2.24) is 9.88 Å². The quantitative estimate of drug-likeness (QED) is 0.771. The minimum absolute atomic E-state index is 0.477. The van der Waals surface area contributed by atoms with Gasteiger partial charge in [-0.25, -0.2) is 0 Å². The fourth-order valence-electron chi connectivity index (χ4n) is 4.52. The number of rotatable bonds is 2. The number of hydrogen-bond donors (Lipinski definition) is 1. The number of nitrogens with one attached hydrogen (secondary N) is 1. The average Bonchev–Trinajstić information content (AvgIpc) is 3.24. The standard InChI is InChI=1S/C21H22N2O/c1-2-7-17-15(5-1)18(13-21(17)23-9-11-24-12-10-23)19-14-22-20-8-4-3-6-16(19)20/h1-8,14,18,21-22H,9-13H2. The number of fused-ring (bicyclic) bond motifs is 2. The Morgan fingerprint density at radius 2 is 1.62 bits per heavy atom. The zero-order valence-electron chi connectivity index (χ0n) is 13.7. The van der Waals surface area contributed by atoms with Gasteiger partial charge < -0.3 is 9.72 Å². The van der Waals surface area contributed by atoms with Gasteiger partial charge in [0, 0.05) is 42.1 Å². The van der Waals surface area contributed by atoms with E-state index in [1.165, 1.54) is 34.0 Å². The molecule has 2 heterocycles. The summed E-state index contributed by atoms with van der Waals surface area (Å²) in [7, 11) is 0. The summed E-state index contributed by atoms with van der Waals surface area (Å²) in [6.45, 7) is 3.80. The van der Waals surface area contributed by atoms with Crippen LogP contribution >= 0.6 is 0 Å². The average molecular weight is 318 g/mol. The molecule has 3 aromatic rings. The number of morpholine rings is 1. The third-order valence-corrected chi connectivity index (χ3v) is 5.67. The van der Waals surface area contributed by atoms with Gasteiger partial charge in [0.15, 0.2) is 0 Å². The van der Waals surface area contributed by atoms with Gasteiger partial charge in [-0.2, -0.15) is 0 Å². The Morgan fingerprint density at radius 1 is 0.875 bits per heavy atom. The number of aromatic nitrogens is 1. The van der Waals surface area contributed by atoms with E-state index >= 15 is 0 Å². The maximum atomic E-state index is 5.56. The van der Waals surface area contributed by atoms with Crippen molar-refractivity contribution < 1.29 is 4.74 Å². The van der Waals surface area contributed by atoms with Crippen LogP contribution in [0.2, 0.25) is 0 Å². The fraction of sp³-hybridized carbons (Fsp3) is 0.333. The molecule has 1 N–H and O–H groups in total. The molecule has 5 rings (SSSR count). The number of H-pyrrole nitrogens is 1. The molecule has 0 amide bonds. The van der Waals surface area contributed by atoms with Crippen molar-refractivity contribution in [2.24, 2.45) is 0 Å². The molecular weight excluding hydrogens is 296 g/mol. The minimum atomic E-state index is 0.477. The van der Waals surface area contributed by atoms with Crippen molar-refractivity contribution in [2.45, 2.75) is 18.4 Å². The van der Waals surface area contributed by atoms with Crippen LogP contribution in [0, 0.1) is 0 Å². The van der Waals surface area contributed by atoms with E-state index in [0.717, 1.165) is 26.3 Å². The van der Waals surface area contributed by atoms with Gasteiger partial charge in [0.05, 0.1) is 13.2 Å². The van der Waals surface area contributed by atoms with Gasteiger partial charge in [0.1, 0.15) is 0 Å². The van der Waals surface area contributed by atoms with E-state index in [9.17, 15) is 0 Å². The first kappa shape index (κ1) is 14.3. The van der Waals surface area contributed by atoms with Crippen molar-refractivity contribution >= 4 is 10.9 Å². The largest absolute Gasteiger partial charge is 0.379 e. The Hall–Kier alpha value is -2.10. The van der Waals surface area contributed by atoms with Crippen LogP contribution in [0.25, 0.3) is 10.9 Å². The zero-order chi connectivity index (χ0) is 15.9. The molecule has 3 heteroatoms.